The fourth-order valence-corrected chi connectivity index (χ4v) is 1.59. The first-order valence-corrected chi connectivity index (χ1v) is 4.50. The molecule has 0 unspecified atom stereocenters. The second-order valence-electron chi connectivity index (χ2n) is 2.96. The van der Waals surface area contributed by atoms with Gasteiger partial charge in [0.15, 0.2) is 0 Å². The van der Waals surface area contributed by atoms with E-state index in [1.165, 1.54) is 19.3 Å². The van der Waals surface area contributed by atoms with Gasteiger partial charge in [0.05, 0.1) is 18.6 Å². The van der Waals surface area contributed by atoms with Crippen molar-refractivity contribution in [3.63, 3.8) is 0 Å². The van der Waals surface area contributed by atoms with Gasteiger partial charge in [0, 0.05) is 5.92 Å². The maximum absolute atomic E-state index is 5.99. The summed E-state index contributed by atoms with van der Waals surface area (Å²) in [6.07, 6.45) is 3.79. The molecule has 10 heavy (non-hydrogen) atoms. The van der Waals surface area contributed by atoms with Gasteiger partial charge < -0.3 is 4.74 Å². The molecule has 0 aromatic carbocycles. The monoisotopic (exact) mass is 162 g/mol. The van der Waals surface area contributed by atoms with Crippen molar-refractivity contribution in [3.05, 3.63) is 0 Å². The molecule has 1 saturated heterocycles. The third-order valence-corrected chi connectivity index (χ3v) is 2.53. The van der Waals surface area contributed by atoms with Crippen LogP contribution in [0.5, 0.6) is 0 Å². The fourth-order valence-electron chi connectivity index (χ4n) is 1.30. The Morgan fingerprint density at radius 3 is 2.80 bits per heavy atom. The molecule has 0 N–H and O–H groups in total. The summed E-state index contributed by atoms with van der Waals surface area (Å²) in [5.74, 6) is 0.626. The lowest BCUT2D eigenvalue weighted by Crippen LogP contribution is -2.11. The highest BCUT2D eigenvalue weighted by atomic mass is 35.5. The molecule has 0 aromatic rings. The van der Waals surface area contributed by atoms with Crippen LogP contribution in [-0.2, 0) is 4.74 Å². The van der Waals surface area contributed by atoms with E-state index in [9.17, 15) is 0 Å². The molecule has 0 amide bonds. The quantitative estimate of drug-likeness (QED) is 0.580. The minimum absolute atomic E-state index is 0.284. The smallest absolute Gasteiger partial charge is 0.0633 e. The number of halogens is 1. The zero-order valence-electron chi connectivity index (χ0n) is 6.48. The van der Waals surface area contributed by atoms with E-state index in [0.717, 1.165) is 13.2 Å². The average molecular weight is 163 g/mol. The Morgan fingerprint density at radius 1 is 1.50 bits per heavy atom. The standard InChI is InChI=1S/C8H15ClO/c1-2-3-4-7-5-10-6-8(7)9/h7-8H,2-6H2,1H3/t7-,8-/m1/s1. The van der Waals surface area contributed by atoms with E-state index >= 15 is 0 Å². The van der Waals surface area contributed by atoms with Gasteiger partial charge in [-0.3, -0.25) is 0 Å². The third kappa shape index (κ3) is 2.14. The highest BCUT2D eigenvalue weighted by Crippen LogP contribution is 2.23. The zero-order valence-corrected chi connectivity index (χ0v) is 7.23. The molecule has 0 aliphatic carbocycles. The molecule has 0 bridgehead atoms. The summed E-state index contributed by atoms with van der Waals surface area (Å²) in [5, 5.41) is 0.284. The minimum atomic E-state index is 0.284. The van der Waals surface area contributed by atoms with E-state index < -0.39 is 0 Å². The highest BCUT2D eigenvalue weighted by molar-refractivity contribution is 6.21. The molecular weight excluding hydrogens is 148 g/mol. The molecule has 0 radical (unpaired) electrons. The van der Waals surface area contributed by atoms with Crippen LogP contribution in [0.4, 0.5) is 0 Å². The Hall–Kier alpha value is 0.250. The maximum atomic E-state index is 5.99. The van der Waals surface area contributed by atoms with E-state index in [-0.39, 0.29) is 5.38 Å². The van der Waals surface area contributed by atoms with Crippen molar-refractivity contribution in [2.45, 2.75) is 31.6 Å². The van der Waals surface area contributed by atoms with E-state index in [0.29, 0.717) is 5.92 Å². The van der Waals surface area contributed by atoms with Crippen molar-refractivity contribution < 1.29 is 4.74 Å². The third-order valence-electron chi connectivity index (χ3n) is 2.05. The summed E-state index contributed by atoms with van der Waals surface area (Å²) in [4.78, 5) is 0. The summed E-state index contributed by atoms with van der Waals surface area (Å²) in [6, 6.07) is 0. The van der Waals surface area contributed by atoms with Crippen LogP contribution in [0, 0.1) is 5.92 Å². The second kappa shape index (κ2) is 4.20. The van der Waals surface area contributed by atoms with Crippen LogP contribution in [0.25, 0.3) is 0 Å². The predicted molar refractivity (Wildman–Crippen MR) is 43.5 cm³/mol. The highest BCUT2D eigenvalue weighted by Gasteiger charge is 2.24. The number of hydrogen-bond donors (Lipinski definition) is 0. The van der Waals surface area contributed by atoms with Crippen LogP contribution in [-0.4, -0.2) is 18.6 Å². The molecule has 1 heterocycles. The van der Waals surface area contributed by atoms with Crippen LogP contribution in [0.15, 0.2) is 0 Å². The summed E-state index contributed by atoms with van der Waals surface area (Å²) in [5.41, 5.74) is 0. The molecule has 1 fully saturated rings. The predicted octanol–water partition coefficient (Wildman–Crippen LogP) is 2.43. The Bertz CT molecular complexity index is 95.3. The summed E-state index contributed by atoms with van der Waals surface area (Å²) in [7, 11) is 0. The van der Waals surface area contributed by atoms with Crippen LogP contribution >= 0.6 is 11.6 Å². The normalized spacial score (nSPS) is 33.0. The Balaban J connectivity index is 2.14. The van der Waals surface area contributed by atoms with Crippen molar-refractivity contribution in [2.75, 3.05) is 13.2 Å². The number of rotatable bonds is 3. The van der Waals surface area contributed by atoms with Crippen molar-refractivity contribution in [2.24, 2.45) is 5.92 Å². The first-order valence-electron chi connectivity index (χ1n) is 4.06. The lowest BCUT2D eigenvalue weighted by Gasteiger charge is -2.09. The van der Waals surface area contributed by atoms with Crippen LogP contribution < -0.4 is 0 Å². The van der Waals surface area contributed by atoms with Gasteiger partial charge in [-0.2, -0.15) is 0 Å². The van der Waals surface area contributed by atoms with Gasteiger partial charge in [-0.25, -0.2) is 0 Å². The average Bonchev–Trinajstić information content (AvgIpc) is 2.31. The summed E-state index contributed by atoms with van der Waals surface area (Å²) >= 11 is 5.99. The molecule has 1 aliphatic heterocycles. The maximum Gasteiger partial charge on any atom is 0.0633 e. The van der Waals surface area contributed by atoms with Gasteiger partial charge in [-0.1, -0.05) is 19.8 Å². The topological polar surface area (TPSA) is 9.23 Å². The molecule has 1 aliphatic rings. The van der Waals surface area contributed by atoms with Gasteiger partial charge in [0.25, 0.3) is 0 Å². The van der Waals surface area contributed by atoms with Gasteiger partial charge in [-0.05, 0) is 6.42 Å². The molecular formula is C8H15ClO. The first kappa shape index (κ1) is 8.35. The molecule has 2 atom stereocenters. The van der Waals surface area contributed by atoms with Gasteiger partial charge >= 0.3 is 0 Å². The van der Waals surface area contributed by atoms with Gasteiger partial charge in [0.1, 0.15) is 0 Å². The molecule has 60 valence electrons. The van der Waals surface area contributed by atoms with E-state index in [2.05, 4.69) is 6.92 Å². The van der Waals surface area contributed by atoms with Crippen molar-refractivity contribution >= 4 is 11.6 Å². The number of hydrogen-bond acceptors (Lipinski definition) is 1. The van der Waals surface area contributed by atoms with Crippen LogP contribution in [0.2, 0.25) is 0 Å². The second-order valence-corrected chi connectivity index (χ2v) is 3.52. The Labute approximate surface area is 67.7 Å². The van der Waals surface area contributed by atoms with Gasteiger partial charge in [-0.15, -0.1) is 11.6 Å². The molecule has 0 saturated carbocycles. The SMILES string of the molecule is CCCC[C@@H]1COC[C@H]1Cl. The molecule has 0 spiro atoms. The first-order chi connectivity index (χ1) is 4.84. The lowest BCUT2D eigenvalue weighted by atomic mass is 10.0. The van der Waals surface area contributed by atoms with E-state index in [1.807, 2.05) is 0 Å². The van der Waals surface area contributed by atoms with Gasteiger partial charge in [0.2, 0.25) is 0 Å². The summed E-state index contributed by atoms with van der Waals surface area (Å²) < 4.78 is 5.23. The van der Waals surface area contributed by atoms with E-state index in [4.69, 9.17) is 16.3 Å². The van der Waals surface area contributed by atoms with Crippen molar-refractivity contribution in [3.8, 4) is 0 Å². The molecule has 1 nitrogen and oxygen atoms in total. The number of ether oxygens (including phenoxy) is 1. The minimum Gasteiger partial charge on any atom is -0.380 e. The number of unbranched alkanes of at least 4 members (excludes halogenated alkanes) is 1. The van der Waals surface area contributed by atoms with Crippen LogP contribution in [0.3, 0.4) is 0 Å². The van der Waals surface area contributed by atoms with E-state index in [1.54, 1.807) is 0 Å². The Kier molecular flexibility index (Phi) is 3.50. The summed E-state index contributed by atoms with van der Waals surface area (Å²) in [6.45, 7) is 3.85. The zero-order chi connectivity index (χ0) is 7.40. The molecule has 0 aromatic heterocycles. The molecule has 1 rings (SSSR count). The molecule has 2 heteroatoms. The lowest BCUT2D eigenvalue weighted by molar-refractivity contribution is 0.184. The Morgan fingerprint density at radius 2 is 2.30 bits per heavy atom. The number of alkyl halides is 1. The van der Waals surface area contributed by atoms with Crippen molar-refractivity contribution in [1.29, 1.82) is 0 Å². The van der Waals surface area contributed by atoms with Crippen molar-refractivity contribution in [1.82, 2.24) is 0 Å². The van der Waals surface area contributed by atoms with Crippen LogP contribution in [0.1, 0.15) is 26.2 Å². The largest absolute Gasteiger partial charge is 0.380 e. The fraction of sp³-hybridized carbons (Fsp3) is 1.00.